The molecule has 9 heteroatoms. The first-order valence-electron chi connectivity index (χ1n) is 10.3. The normalized spacial score (nSPS) is 17.4. The molecule has 162 valence electrons. The molecule has 6 nitrogen and oxygen atoms in total. The van der Waals surface area contributed by atoms with Crippen LogP contribution in [-0.2, 0) is 16.4 Å². The summed E-state index contributed by atoms with van der Waals surface area (Å²) in [4.78, 5) is 19.7. The second-order valence-electron chi connectivity index (χ2n) is 8.16. The Balaban J connectivity index is 1.28. The number of carbonyl (C=O) groups is 1. The molecule has 5 rings (SSSR count). The summed E-state index contributed by atoms with van der Waals surface area (Å²) >= 11 is 7.79. The van der Waals surface area contributed by atoms with E-state index >= 15 is 0 Å². The highest BCUT2D eigenvalue weighted by atomic mass is 35.5. The number of nitrogens with zero attached hydrogens (tertiary/aromatic N) is 3. The van der Waals surface area contributed by atoms with E-state index in [0.717, 1.165) is 33.6 Å². The molecule has 2 aromatic carbocycles. The van der Waals surface area contributed by atoms with Gasteiger partial charge in [-0.25, -0.2) is 13.4 Å². The maximum Gasteiger partial charge on any atom is 0.253 e. The van der Waals surface area contributed by atoms with Crippen molar-refractivity contribution in [3.8, 4) is 0 Å². The Morgan fingerprint density at radius 2 is 1.90 bits per heavy atom. The molecule has 0 unspecified atom stereocenters. The van der Waals surface area contributed by atoms with Crippen molar-refractivity contribution in [3.63, 3.8) is 0 Å². The molecule has 0 radical (unpaired) electrons. The van der Waals surface area contributed by atoms with Gasteiger partial charge >= 0.3 is 0 Å². The molecular formula is C22H22ClN3O3S2. The van der Waals surface area contributed by atoms with Crippen LogP contribution in [-0.4, -0.2) is 50.1 Å². The molecular weight excluding hydrogens is 454 g/mol. The number of piperidine rings is 1. The minimum Gasteiger partial charge on any atom is -0.339 e. The quantitative estimate of drug-likeness (QED) is 0.566. The number of hydrogen-bond acceptors (Lipinski definition) is 5. The summed E-state index contributed by atoms with van der Waals surface area (Å²) in [7, 11) is -3.29. The second-order valence-corrected chi connectivity index (χ2v) is 11.6. The Hall–Kier alpha value is -2.16. The van der Waals surface area contributed by atoms with E-state index < -0.39 is 10.0 Å². The number of rotatable bonds is 3. The second kappa shape index (κ2) is 7.76. The Kier molecular flexibility index (Phi) is 5.19. The van der Waals surface area contributed by atoms with Gasteiger partial charge in [-0.05, 0) is 61.2 Å². The summed E-state index contributed by atoms with van der Waals surface area (Å²) < 4.78 is 26.4. The van der Waals surface area contributed by atoms with E-state index in [0.29, 0.717) is 48.2 Å². The lowest BCUT2D eigenvalue weighted by molar-refractivity contribution is 0.0713. The molecule has 0 bridgehead atoms. The highest BCUT2D eigenvalue weighted by molar-refractivity contribution is 7.92. The van der Waals surface area contributed by atoms with Crippen molar-refractivity contribution < 1.29 is 13.2 Å². The van der Waals surface area contributed by atoms with Gasteiger partial charge in [0.15, 0.2) is 0 Å². The molecule has 0 saturated carbocycles. The lowest BCUT2D eigenvalue weighted by atomic mass is 9.96. The van der Waals surface area contributed by atoms with Crippen molar-refractivity contribution in [3.05, 3.63) is 57.6 Å². The molecule has 3 aromatic rings. The van der Waals surface area contributed by atoms with Crippen LogP contribution in [0.3, 0.4) is 0 Å². The number of halogens is 1. The zero-order valence-electron chi connectivity index (χ0n) is 17.0. The van der Waals surface area contributed by atoms with Gasteiger partial charge in [-0.15, -0.1) is 11.3 Å². The summed E-state index contributed by atoms with van der Waals surface area (Å²) in [5.41, 5.74) is 3.17. The highest BCUT2D eigenvalue weighted by Gasteiger charge is 2.29. The van der Waals surface area contributed by atoms with Gasteiger partial charge in [-0.3, -0.25) is 9.10 Å². The Morgan fingerprint density at radius 3 is 2.65 bits per heavy atom. The van der Waals surface area contributed by atoms with Crippen LogP contribution < -0.4 is 4.31 Å². The number of anilines is 1. The minimum absolute atomic E-state index is 0.00939. The molecule has 2 aliphatic rings. The fourth-order valence-electron chi connectivity index (χ4n) is 4.45. The van der Waals surface area contributed by atoms with Gasteiger partial charge in [0.1, 0.15) is 0 Å². The molecule has 1 aromatic heterocycles. The number of benzene rings is 2. The first-order valence-corrected chi connectivity index (χ1v) is 13.3. The summed E-state index contributed by atoms with van der Waals surface area (Å²) in [6.45, 7) is 1.81. The van der Waals surface area contributed by atoms with Crippen LogP contribution >= 0.6 is 22.9 Å². The SMILES string of the molecule is CS(=O)(=O)N1CCc2cc(C(=O)N3CCC(c4nc5cc(Cl)ccc5s4)CC3)ccc21. The molecule has 1 fully saturated rings. The lowest BCUT2D eigenvalue weighted by Crippen LogP contribution is -2.38. The van der Waals surface area contributed by atoms with E-state index in [1.165, 1.54) is 10.6 Å². The Morgan fingerprint density at radius 1 is 1.13 bits per heavy atom. The topological polar surface area (TPSA) is 70.6 Å². The molecule has 1 amide bonds. The zero-order valence-corrected chi connectivity index (χ0v) is 19.4. The number of thiazole rings is 1. The number of likely N-dealkylation sites (tertiary alicyclic amines) is 1. The van der Waals surface area contributed by atoms with E-state index in [1.54, 1.807) is 23.5 Å². The maximum absolute atomic E-state index is 13.1. The van der Waals surface area contributed by atoms with Gasteiger partial charge in [0.25, 0.3) is 5.91 Å². The minimum atomic E-state index is -3.29. The van der Waals surface area contributed by atoms with E-state index in [-0.39, 0.29) is 5.91 Å². The fraction of sp³-hybridized carbons (Fsp3) is 0.364. The van der Waals surface area contributed by atoms with Crippen molar-refractivity contribution in [2.45, 2.75) is 25.2 Å². The summed E-state index contributed by atoms with van der Waals surface area (Å²) in [5, 5.41) is 1.81. The van der Waals surface area contributed by atoms with E-state index in [2.05, 4.69) is 0 Å². The highest BCUT2D eigenvalue weighted by Crippen LogP contribution is 2.36. The van der Waals surface area contributed by atoms with Crippen molar-refractivity contribution in [2.75, 3.05) is 30.2 Å². The maximum atomic E-state index is 13.1. The number of amides is 1. The molecule has 2 aliphatic heterocycles. The number of fused-ring (bicyclic) bond motifs is 2. The van der Waals surface area contributed by atoms with Gasteiger partial charge < -0.3 is 4.90 Å². The zero-order chi connectivity index (χ0) is 21.8. The third kappa shape index (κ3) is 3.92. The van der Waals surface area contributed by atoms with Gasteiger partial charge in [-0.2, -0.15) is 0 Å². The van der Waals surface area contributed by atoms with Crippen LogP contribution in [0.5, 0.6) is 0 Å². The summed E-state index contributed by atoms with van der Waals surface area (Å²) in [6, 6.07) is 11.2. The first-order chi connectivity index (χ1) is 14.8. The van der Waals surface area contributed by atoms with E-state index in [4.69, 9.17) is 16.6 Å². The number of sulfonamides is 1. The molecule has 0 aliphatic carbocycles. The average Bonchev–Trinajstić information content (AvgIpc) is 3.36. The summed E-state index contributed by atoms with van der Waals surface area (Å²) in [5.74, 6) is 0.360. The smallest absolute Gasteiger partial charge is 0.253 e. The average molecular weight is 476 g/mol. The number of hydrogen-bond donors (Lipinski definition) is 0. The van der Waals surface area contributed by atoms with Crippen molar-refractivity contribution >= 4 is 54.8 Å². The lowest BCUT2D eigenvalue weighted by Gasteiger charge is -2.31. The third-order valence-corrected chi connectivity index (χ3v) is 8.69. The predicted molar refractivity (Wildman–Crippen MR) is 125 cm³/mol. The Labute approximate surface area is 190 Å². The number of aromatic nitrogens is 1. The van der Waals surface area contributed by atoms with Crippen molar-refractivity contribution in [1.82, 2.24) is 9.88 Å². The molecule has 0 N–H and O–H groups in total. The fourth-order valence-corrected chi connectivity index (χ4v) is 6.70. The van der Waals surface area contributed by atoms with Crippen molar-refractivity contribution in [1.29, 1.82) is 0 Å². The van der Waals surface area contributed by atoms with Crippen LogP contribution in [0, 0.1) is 0 Å². The van der Waals surface area contributed by atoms with Gasteiger partial charge in [0, 0.05) is 36.1 Å². The molecule has 0 atom stereocenters. The molecule has 0 spiro atoms. The van der Waals surface area contributed by atoms with Crippen LogP contribution in [0.25, 0.3) is 10.2 Å². The van der Waals surface area contributed by atoms with Crippen LogP contribution in [0.15, 0.2) is 36.4 Å². The third-order valence-electron chi connectivity index (χ3n) is 6.08. The summed E-state index contributed by atoms with van der Waals surface area (Å²) in [6.07, 6.45) is 3.61. The standard InChI is InChI=1S/C22H22ClN3O3S2/c1-31(28,29)26-11-8-15-12-16(2-4-19(15)26)22(27)25-9-6-14(7-10-25)21-24-18-13-17(23)3-5-20(18)30-21/h2-5,12-14H,6-11H2,1H3. The predicted octanol–water partition coefficient (Wildman–Crippen LogP) is 4.29. The van der Waals surface area contributed by atoms with Crippen LogP contribution in [0.1, 0.15) is 39.7 Å². The van der Waals surface area contributed by atoms with Crippen LogP contribution in [0.4, 0.5) is 5.69 Å². The van der Waals surface area contributed by atoms with Crippen LogP contribution in [0.2, 0.25) is 5.02 Å². The monoisotopic (exact) mass is 475 g/mol. The number of carbonyl (C=O) groups excluding carboxylic acids is 1. The van der Waals surface area contributed by atoms with E-state index in [9.17, 15) is 13.2 Å². The van der Waals surface area contributed by atoms with Gasteiger partial charge in [-0.1, -0.05) is 11.6 Å². The first kappa shape index (κ1) is 20.7. The molecule has 31 heavy (non-hydrogen) atoms. The van der Waals surface area contributed by atoms with E-state index in [1.807, 2.05) is 29.2 Å². The largest absolute Gasteiger partial charge is 0.339 e. The Bertz CT molecular complexity index is 1280. The van der Waals surface area contributed by atoms with Gasteiger partial charge in [0.05, 0.1) is 27.2 Å². The van der Waals surface area contributed by atoms with Gasteiger partial charge in [0.2, 0.25) is 10.0 Å². The van der Waals surface area contributed by atoms with Crippen molar-refractivity contribution in [2.24, 2.45) is 0 Å². The molecule has 1 saturated heterocycles. The molecule has 3 heterocycles.